The van der Waals surface area contributed by atoms with Crippen LogP contribution in [0.1, 0.15) is 5.56 Å². The van der Waals surface area contributed by atoms with Crippen molar-refractivity contribution in [1.82, 2.24) is 0 Å². The molecule has 2 aromatic carbocycles. The molecule has 0 aliphatic carbocycles. The number of benzene rings is 2. The number of carboxylic acid groups (broad SMARTS) is 1. The van der Waals surface area contributed by atoms with Crippen molar-refractivity contribution >= 4 is 12.0 Å². The van der Waals surface area contributed by atoms with E-state index in [1.807, 2.05) is 0 Å². The first kappa shape index (κ1) is 17.3. The maximum atomic E-state index is 12.8. The Hall–Kier alpha value is -3.02. The minimum atomic E-state index is -1.03. The molecule has 0 saturated carbocycles. The van der Waals surface area contributed by atoms with Gasteiger partial charge in [0, 0.05) is 6.08 Å². The summed E-state index contributed by atoms with van der Waals surface area (Å²) in [7, 11) is 1.52. The Morgan fingerprint density at radius 1 is 1.08 bits per heavy atom. The van der Waals surface area contributed by atoms with Gasteiger partial charge in [-0.1, -0.05) is 6.07 Å². The molecule has 6 heteroatoms. The number of hydrogen-bond acceptors (Lipinski definition) is 4. The van der Waals surface area contributed by atoms with Crippen molar-refractivity contribution in [3.63, 3.8) is 0 Å². The largest absolute Gasteiger partial charge is 0.493 e. The SMILES string of the molecule is COc1ccc(C=CC(=O)O)cc1OCCOc1ccc(F)cc1. The van der Waals surface area contributed by atoms with E-state index < -0.39 is 5.97 Å². The molecule has 2 aromatic rings. The fraction of sp³-hybridized carbons (Fsp3) is 0.167. The molecule has 0 unspecified atom stereocenters. The standard InChI is InChI=1S/C18H17FO5/c1-22-16-8-2-13(3-9-18(20)21)12-17(16)24-11-10-23-15-6-4-14(19)5-7-15/h2-9,12H,10-11H2,1H3,(H,20,21). The summed E-state index contributed by atoms with van der Waals surface area (Å²) in [6, 6.07) is 10.8. The van der Waals surface area contributed by atoms with Crippen LogP contribution in [0.4, 0.5) is 4.39 Å². The van der Waals surface area contributed by atoms with Gasteiger partial charge in [-0.2, -0.15) is 0 Å². The topological polar surface area (TPSA) is 65.0 Å². The zero-order chi connectivity index (χ0) is 17.4. The maximum absolute atomic E-state index is 12.8. The Morgan fingerprint density at radius 2 is 1.79 bits per heavy atom. The molecule has 0 fully saturated rings. The number of halogens is 1. The summed E-state index contributed by atoms with van der Waals surface area (Å²) < 4.78 is 29.1. The number of ether oxygens (including phenoxy) is 3. The first-order valence-corrected chi connectivity index (χ1v) is 7.18. The molecular weight excluding hydrogens is 315 g/mol. The molecule has 126 valence electrons. The number of aliphatic carboxylic acids is 1. The van der Waals surface area contributed by atoms with E-state index in [-0.39, 0.29) is 19.0 Å². The van der Waals surface area contributed by atoms with Crippen LogP contribution in [0.15, 0.2) is 48.5 Å². The van der Waals surface area contributed by atoms with Gasteiger partial charge in [-0.15, -0.1) is 0 Å². The molecular formula is C18H17FO5. The van der Waals surface area contributed by atoms with E-state index in [0.717, 1.165) is 6.08 Å². The van der Waals surface area contributed by atoms with Crippen molar-refractivity contribution in [3.8, 4) is 17.2 Å². The Bertz CT molecular complexity index is 710. The number of rotatable bonds is 8. The lowest BCUT2D eigenvalue weighted by Gasteiger charge is -2.12. The van der Waals surface area contributed by atoms with Crippen molar-refractivity contribution in [2.75, 3.05) is 20.3 Å². The summed E-state index contributed by atoms with van der Waals surface area (Å²) >= 11 is 0. The van der Waals surface area contributed by atoms with Crippen LogP contribution in [0, 0.1) is 5.82 Å². The Morgan fingerprint density at radius 3 is 2.46 bits per heavy atom. The lowest BCUT2D eigenvalue weighted by atomic mass is 10.2. The van der Waals surface area contributed by atoms with Crippen molar-refractivity contribution in [3.05, 3.63) is 59.9 Å². The monoisotopic (exact) mass is 332 g/mol. The van der Waals surface area contributed by atoms with Crippen LogP contribution in [0.3, 0.4) is 0 Å². The number of carboxylic acids is 1. The zero-order valence-corrected chi connectivity index (χ0v) is 13.1. The maximum Gasteiger partial charge on any atom is 0.328 e. The van der Waals surface area contributed by atoms with Crippen molar-refractivity contribution < 1.29 is 28.5 Å². The van der Waals surface area contributed by atoms with Crippen LogP contribution in [0.25, 0.3) is 6.08 Å². The molecule has 0 atom stereocenters. The lowest BCUT2D eigenvalue weighted by molar-refractivity contribution is -0.131. The minimum Gasteiger partial charge on any atom is -0.493 e. The molecule has 0 aliphatic heterocycles. The third kappa shape index (κ3) is 5.31. The third-order valence-corrected chi connectivity index (χ3v) is 3.03. The van der Waals surface area contributed by atoms with Crippen molar-refractivity contribution in [2.45, 2.75) is 0 Å². The second kappa shape index (κ2) is 8.57. The summed E-state index contributed by atoms with van der Waals surface area (Å²) in [6.45, 7) is 0.518. The van der Waals surface area contributed by atoms with Crippen LogP contribution in [0.2, 0.25) is 0 Å². The van der Waals surface area contributed by atoms with E-state index in [9.17, 15) is 9.18 Å². The predicted octanol–water partition coefficient (Wildman–Crippen LogP) is 3.39. The average Bonchev–Trinajstić information content (AvgIpc) is 2.58. The van der Waals surface area contributed by atoms with Gasteiger partial charge < -0.3 is 19.3 Å². The molecule has 1 N–H and O–H groups in total. The van der Waals surface area contributed by atoms with E-state index in [1.165, 1.54) is 37.5 Å². The second-order valence-electron chi connectivity index (χ2n) is 4.73. The summed E-state index contributed by atoms with van der Waals surface area (Å²) in [4.78, 5) is 10.6. The molecule has 0 heterocycles. The van der Waals surface area contributed by atoms with Gasteiger partial charge >= 0.3 is 5.97 Å². The van der Waals surface area contributed by atoms with Crippen LogP contribution < -0.4 is 14.2 Å². The van der Waals surface area contributed by atoms with Gasteiger partial charge in [0.1, 0.15) is 24.8 Å². The van der Waals surface area contributed by atoms with Crippen LogP contribution in [0.5, 0.6) is 17.2 Å². The second-order valence-corrected chi connectivity index (χ2v) is 4.73. The van der Waals surface area contributed by atoms with Crippen LogP contribution >= 0.6 is 0 Å². The van der Waals surface area contributed by atoms with Gasteiger partial charge in [-0.05, 0) is 48.0 Å². The molecule has 0 aliphatic rings. The molecule has 0 amide bonds. The van der Waals surface area contributed by atoms with Gasteiger partial charge in [-0.3, -0.25) is 0 Å². The first-order valence-electron chi connectivity index (χ1n) is 7.18. The minimum absolute atomic E-state index is 0.250. The van der Waals surface area contributed by atoms with Crippen molar-refractivity contribution in [1.29, 1.82) is 0 Å². The molecule has 0 aromatic heterocycles. The number of carbonyl (C=O) groups is 1. The summed E-state index contributed by atoms with van der Waals surface area (Å²) in [5, 5.41) is 8.66. The third-order valence-electron chi connectivity index (χ3n) is 3.03. The molecule has 5 nitrogen and oxygen atoms in total. The van der Waals surface area contributed by atoms with E-state index in [1.54, 1.807) is 18.2 Å². The quantitative estimate of drug-likeness (QED) is 0.593. The van der Waals surface area contributed by atoms with Gasteiger partial charge in [0.05, 0.1) is 7.11 Å². The van der Waals surface area contributed by atoms with E-state index >= 15 is 0 Å². The highest BCUT2D eigenvalue weighted by atomic mass is 19.1. The van der Waals surface area contributed by atoms with E-state index in [0.29, 0.717) is 22.8 Å². The smallest absolute Gasteiger partial charge is 0.328 e. The predicted molar refractivity (Wildman–Crippen MR) is 87.1 cm³/mol. The fourth-order valence-corrected chi connectivity index (χ4v) is 1.92. The number of hydrogen-bond donors (Lipinski definition) is 1. The average molecular weight is 332 g/mol. The highest BCUT2D eigenvalue weighted by molar-refractivity contribution is 5.85. The summed E-state index contributed by atoms with van der Waals surface area (Å²) in [6.07, 6.45) is 2.51. The van der Waals surface area contributed by atoms with Crippen molar-refractivity contribution in [2.24, 2.45) is 0 Å². The zero-order valence-electron chi connectivity index (χ0n) is 13.1. The van der Waals surface area contributed by atoms with Gasteiger partial charge in [0.15, 0.2) is 11.5 Å². The van der Waals surface area contributed by atoms with Gasteiger partial charge in [0.2, 0.25) is 0 Å². The van der Waals surface area contributed by atoms with E-state index in [2.05, 4.69) is 0 Å². The molecule has 0 saturated heterocycles. The normalized spacial score (nSPS) is 10.6. The van der Waals surface area contributed by atoms with Crippen LogP contribution in [-0.4, -0.2) is 31.4 Å². The Kier molecular flexibility index (Phi) is 6.19. The lowest BCUT2D eigenvalue weighted by Crippen LogP contribution is -2.09. The molecule has 0 radical (unpaired) electrons. The molecule has 24 heavy (non-hydrogen) atoms. The van der Waals surface area contributed by atoms with E-state index in [4.69, 9.17) is 19.3 Å². The first-order chi connectivity index (χ1) is 11.6. The highest BCUT2D eigenvalue weighted by Gasteiger charge is 2.05. The highest BCUT2D eigenvalue weighted by Crippen LogP contribution is 2.28. The summed E-state index contributed by atoms with van der Waals surface area (Å²) in [5.74, 6) is 0.206. The Balaban J connectivity index is 1.93. The fourth-order valence-electron chi connectivity index (χ4n) is 1.92. The van der Waals surface area contributed by atoms with Gasteiger partial charge in [0.25, 0.3) is 0 Å². The van der Waals surface area contributed by atoms with Gasteiger partial charge in [-0.25, -0.2) is 9.18 Å². The summed E-state index contributed by atoms with van der Waals surface area (Å²) in [5.41, 5.74) is 0.674. The molecule has 2 rings (SSSR count). The number of methoxy groups -OCH3 is 1. The molecule has 0 spiro atoms. The Labute approximate surface area is 138 Å². The molecule has 0 bridgehead atoms. The van der Waals surface area contributed by atoms with Crippen LogP contribution in [-0.2, 0) is 4.79 Å².